The van der Waals surface area contributed by atoms with Gasteiger partial charge in [0, 0.05) is 39.6 Å². The number of amides is 3. The number of rotatable bonds is 4. The van der Waals surface area contributed by atoms with Crippen LogP contribution in [0.15, 0.2) is 4.42 Å². The number of hydrogen-bond donors (Lipinski definition) is 1. The molecule has 1 fully saturated rings. The van der Waals surface area contributed by atoms with Crippen molar-refractivity contribution in [1.29, 1.82) is 0 Å². The van der Waals surface area contributed by atoms with Crippen molar-refractivity contribution in [2.75, 3.05) is 33.7 Å². The summed E-state index contributed by atoms with van der Waals surface area (Å²) in [4.78, 5) is 31.7. The van der Waals surface area contributed by atoms with Gasteiger partial charge in [-0.05, 0) is 26.2 Å². The molecule has 128 valence electrons. The summed E-state index contributed by atoms with van der Waals surface area (Å²) in [6, 6.07) is -0.00245. The summed E-state index contributed by atoms with van der Waals surface area (Å²) in [6.45, 7) is 5.86. The Balaban J connectivity index is 1.97. The lowest BCUT2D eigenvalue weighted by Gasteiger charge is -2.30. The number of aryl methyl sites for hydroxylation is 1. The fraction of sp³-hybridized carbons (Fsp3) is 0.688. The monoisotopic (exact) mass is 322 g/mol. The first kappa shape index (κ1) is 17.3. The Morgan fingerprint density at radius 3 is 2.57 bits per heavy atom. The molecule has 2 rings (SSSR count). The van der Waals surface area contributed by atoms with Crippen molar-refractivity contribution in [3.8, 4) is 0 Å². The molecule has 2 heterocycles. The average Bonchev–Trinajstić information content (AvgIpc) is 2.93. The first-order valence-electron chi connectivity index (χ1n) is 8.15. The lowest BCUT2D eigenvalue weighted by atomic mass is 9.97. The van der Waals surface area contributed by atoms with Gasteiger partial charge in [0.05, 0.1) is 0 Å². The van der Waals surface area contributed by atoms with E-state index in [-0.39, 0.29) is 17.9 Å². The molecule has 7 heteroatoms. The highest BCUT2D eigenvalue weighted by atomic mass is 16.4. The van der Waals surface area contributed by atoms with E-state index in [0.29, 0.717) is 37.0 Å². The zero-order chi connectivity index (χ0) is 17.0. The predicted molar refractivity (Wildman–Crippen MR) is 86.5 cm³/mol. The molecule has 0 unspecified atom stereocenters. The zero-order valence-electron chi connectivity index (χ0n) is 14.4. The Kier molecular flexibility index (Phi) is 5.63. The highest BCUT2D eigenvalue weighted by Crippen LogP contribution is 2.29. The molecule has 3 amide bonds. The molecule has 0 aliphatic carbocycles. The molecule has 1 aliphatic rings. The number of piperidine rings is 1. The highest BCUT2D eigenvalue weighted by molar-refractivity contribution is 5.92. The molecule has 1 aromatic rings. The number of likely N-dealkylation sites (tertiary alicyclic amines) is 1. The standard InChI is InChI=1S/C16H26N4O3/c1-5-8-17-16(22)20-9-6-12(7-10-20)14-18-13(11(2)23-14)15(21)19(3)4/h12H,5-10H2,1-4H3,(H,17,22). The number of aromatic nitrogens is 1. The van der Waals surface area contributed by atoms with Gasteiger partial charge in [0.2, 0.25) is 0 Å². The Hall–Kier alpha value is -2.05. The van der Waals surface area contributed by atoms with Gasteiger partial charge in [-0.2, -0.15) is 0 Å². The maximum atomic E-state index is 12.0. The zero-order valence-corrected chi connectivity index (χ0v) is 14.4. The molecule has 0 bridgehead atoms. The lowest BCUT2D eigenvalue weighted by Crippen LogP contribution is -2.44. The molecule has 0 aromatic carbocycles. The fourth-order valence-corrected chi connectivity index (χ4v) is 2.68. The van der Waals surface area contributed by atoms with Crippen molar-refractivity contribution in [2.45, 2.75) is 39.0 Å². The Bertz CT molecular complexity index is 560. The van der Waals surface area contributed by atoms with E-state index >= 15 is 0 Å². The van der Waals surface area contributed by atoms with Crippen molar-refractivity contribution >= 4 is 11.9 Å². The van der Waals surface area contributed by atoms with Crippen LogP contribution in [0.2, 0.25) is 0 Å². The van der Waals surface area contributed by atoms with Crippen LogP contribution in [0.5, 0.6) is 0 Å². The Morgan fingerprint density at radius 2 is 2.00 bits per heavy atom. The van der Waals surface area contributed by atoms with Gasteiger partial charge < -0.3 is 19.5 Å². The first-order chi connectivity index (χ1) is 10.9. The van der Waals surface area contributed by atoms with Crippen LogP contribution in [-0.4, -0.2) is 60.5 Å². The van der Waals surface area contributed by atoms with Crippen molar-refractivity contribution in [3.05, 3.63) is 17.3 Å². The van der Waals surface area contributed by atoms with E-state index in [9.17, 15) is 9.59 Å². The molecule has 0 saturated carbocycles. The molecule has 1 saturated heterocycles. The maximum Gasteiger partial charge on any atom is 0.317 e. The van der Waals surface area contributed by atoms with Gasteiger partial charge >= 0.3 is 6.03 Å². The number of urea groups is 1. The molecule has 0 spiro atoms. The van der Waals surface area contributed by atoms with Crippen LogP contribution < -0.4 is 5.32 Å². The van der Waals surface area contributed by atoms with Crippen LogP contribution in [0.25, 0.3) is 0 Å². The molecule has 1 aliphatic heterocycles. The number of hydrogen-bond acceptors (Lipinski definition) is 4. The van der Waals surface area contributed by atoms with E-state index < -0.39 is 0 Å². The molecular weight excluding hydrogens is 296 g/mol. The second-order valence-electron chi connectivity index (χ2n) is 6.15. The van der Waals surface area contributed by atoms with Gasteiger partial charge in [0.15, 0.2) is 11.6 Å². The van der Waals surface area contributed by atoms with Crippen molar-refractivity contribution < 1.29 is 14.0 Å². The summed E-state index contributed by atoms with van der Waals surface area (Å²) < 4.78 is 5.71. The second-order valence-corrected chi connectivity index (χ2v) is 6.15. The Morgan fingerprint density at radius 1 is 1.35 bits per heavy atom. The van der Waals surface area contributed by atoms with Crippen molar-refractivity contribution in [1.82, 2.24) is 20.1 Å². The van der Waals surface area contributed by atoms with E-state index in [1.54, 1.807) is 21.0 Å². The highest BCUT2D eigenvalue weighted by Gasteiger charge is 2.28. The minimum Gasteiger partial charge on any atom is -0.445 e. The van der Waals surface area contributed by atoms with Crippen LogP contribution in [-0.2, 0) is 0 Å². The number of nitrogens with one attached hydrogen (secondary N) is 1. The molecular formula is C16H26N4O3. The van der Waals surface area contributed by atoms with Crippen molar-refractivity contribution in [3.63, 3.8) is 0 Å². The number of oxazole rings is 1. The van der Waals surface area contributed by atoms with Crippen LogP contribution in [0.1, 0.15) is 54.2 Å². The predicted octanol–water partition coefficient (Wildman–Crippen LogP) is 1.98. The second kappa shape index (κ2) is 7.48. The van der Waals surface area contributed by atoms with E-state index in [1.807, 2.05) is 11.8 Å². The SMILES string of the molecule is CCCNC(=O)N1CCC(c2nc(C(=O)N(C)C)c(C)o2)CC1. The maximum absolute atomic E-state index is 12.0. The first-order valence-corrected chi connectivity index (χ1v) is 8.15. The molecule has 1 aromatic heterocycles. The van der Waals surface area contributed by atoms with E-state index in [1.165, 1.54) is 4.90 Å². The minimum atomic E-state index is -0.145. The summed E-state index contributed by atoms with van der Waals surface area (Å²) in [6.07, 6.45) is 2.53. The van der Waals surface area contributed by atoms with Crippen LogP contribution in [0, 0.1) is 6.92 Å². The molecule has 0 atom stereocenters. The van der Waals surface area contributed by atoms with Crippen LogP contribution >= 0.6 is 0 Å². The molecule has 0 radical (unpaired) electrons. The smallest absolute Gasteiger partial charge is 0.317 e. The van der Waals surface area contributed by atoms with Gasteiger partial charge in [0.1, 0.15) is 5.76 Å². The third-order valence-electron chi connectivity index (χ3n) is 4.08. The quantitative estimate of drug-likeness (QED) is 0.919. The van der Waals surface area contributed by atoms with E-state index in [0.717, 1.165) is 19.3 Å². The van der Waals surface area contributed by atoms with Gasteiger partial charge in [-0.1, -0.05) is 6.92 Å². The fourth-order valence-electron chi connectivity index (χ4n) is 2.68. The molecule has 23 heavy (non-hydrogen) atoms. The van der Waals surface area contributed by atoms with Crippen molar-refractivity contribution in [2.24, 2.45) is 0 Å². The normalized spacial score (nSPS) is 15.6. The van der Waals surface area contributed by atoms with E-state index in [4.69, 9.17) is 4.42 Å². The number of nitrogens with zero attached hydrogens (tertiary/aromatic N) is 3. The van der Waals surface area contributed by atoms with Crippen LogP contribution in [0.4, 0.5) is 4.79 Å². The lowest BCUT2D eigenvalue weighted by molar-refractivity contribution is 0.0821. The van der Waals surface area contributed by atoms with Gasteiger partial charge in [-0.15, -0.1) is 0 Å². The summed E-state index contributed by atoms with van der Waals surface area (Å²) >= 11 is 0. The summed E-state index contributed by atoms with van der Waals surface area (Å²) in [7, 11) is 3.40. The van der Waals surface area contributed by atoms with Gasteiger partial charge in [-0.3, -0.25) is 4.79 Å². The van der Waals surface area contributed by atoms with E-state index in [2.05, 4.69) is 10.3 Å². The number of carbonyl (C=O) groups is 2. The topological polar surface area (TPSA) is 78.7 Å². The number of carbonyl (C=O) groups excluding carboxylic acids is 2. The third kappa shape index (κ3) is 4.03. The van der Waals surface area contributed by atoms with Crippen LogP contribution in [0.3, 0.4) is 0 Å². The minimum absolute atomic E-state index is 0.00245. The Labute approximate surface area is 137 Å². The summed E-state index contributed by atoms with van der Waals surface area (Å²) in [5.41, 5.74) is 0.383. The van der Waals surface area contributed by atoms with Gasteiger partial charge in [-0.25, -0.2) is 9.78 Å². The average molecular weight is 322 g/mol. The summed E-state index contributed by atoms with van der Waals surface area (Å²) in [5, 5.41) is 2.90. The third-order valence-corrected chi connectivity index (χ3v) is 4.08. The largest absolute Gasteiger partial charge is 0.445 e. The summed E-state index contributed by atoms with van der Waals surface area (Å²) in [5.74, 6) is 1.18. The molecule has 7 nitrogen and oxygen atoms in total. The van der Waals surface area contributed by atoms with Gasteiger partial charge in [0.25, 0.3) is 5.91 Å². The molecule has 1 N–H and O–H groups in total.